The fraction of sp³-hybridized carbons (Fsp3) is 0.682. The van der Waals surface area contributed by atoms with Crippen molar-refractivity contribution in [1.29, 1.82) is 0 Å². The maximum Gasteiger partial charge on any atom is 0.252 e. The Bertz CT molecular complexity index is 688. The van der Waals surface area contributed by atoms with Crippen LogP contribution in [0, 0.1) is 0 Å². The van der Waals surface area contributed by atoms with Gasteiger partial charge in [-0.05, 0) is 24.8 Å². The van der Waals surface area contributed by atoms with Crippen molar-refractivity contribution in [3.05, 3.63) is 35.9 Å². The van der Waals surface area contributed by atoms with Crippen LogP contribution in [0.15, 0.2) is 30.3 Å². The van der Waals surface area contributed by atoms with Crippen LogP contribution in [0.5, 0.6) is 0 Å². The highest BCUT2D eigenvalue weighted by Crippen LogP contribution is 2.36. The third-order valence-corrected chi connectivity index (χ3v) is 6.65. The average molecular weight is 405 g/mol. The number of benzene rings is 1. The summed E-state index contributed by atoms with van der Waals surface area (Å²) in [5, 5.41) is 25.2. The Morgan fingerprint density at radius 1 is 1.10 bits per heavy atom. The van der Waals surface area contributed by atoms with E-state index >= 15 is 0 Å². The van der Waals surface area contributed by atoms with Crippen LogP contribution in [0.2, 0.25) is 0 Å². The third kappa shape index (κ3) is 4.34. The van der Waals surface area contributed by atoms with E-state index in [1.54, 1.807) is 0 Å². The summed E-state index contributed by atoms with van der Waals surface area (Å²) in [6.07, 6.45) is 3.17. The maximum absolute atomic E-state index is 13.1. The first-order valence-electron chi connectivity index (χ1n) is 10.8. The Morgan fingerprint density at radius 3 is 2.45 bits per heavy atom. The zero-order chi connectivity index (χ0) is 20.3. The first kappa shape index (κ1) is 20.8. The lowest BCUT2D eigenvalue weighted by molar-refractivity contribution is -0.149. The second-order valence-electron chi connectivity index (χ2n) is 8.58. The van der Waals surface area contributed by atoms with Crippen LogP contribution in [0.25, 0.3) is 0 Å². The Hall–Kier alpha value is -1.51. The number of hydrogen-bond donors (Lipinski definition) is 3. The van der Waals surface area contributed by atoms with E-state index in [0.29, 0.717) is 52.1 Å². The summed E-state index contributed by atoms with van der Waals surface area (Å²) in [6.45, 7) is 2.89. The van der Waals surface area contributed by atoms with Crippen molar-refractivity contribution in [2.45, 2.75) is 62.1 Å². The second kappa shape index (κ2) is 8.70. The Balaban J connectivity index is 1.53. The molecule has 160 valence electrons. The predicted molar refractivity (Wildman–Crippen MR) is 107 cm³/mol. The number of nitrogens with zero attached hydrogens (tertiary/aromatic N) is 1. The van der Waals surface area contributed by atoms with Crippen molar-refractivity contribution < 1.29 is 24.5 Å². The van der Waals surface area contributed by atoms with Gasteiger partial charge in [0.25, 0.3) is 5.91 Å². The molecule has 0 unspecified atom stereocenters. The summed E-state index contributed by atoms with van der Waals surface area (Å²) < 4.78 is 11.1. The highest BCUT2D eigenvalue weighted by Gasteiger charge is 2.48. The molecular formula is C22H32N2O5. The van der Waals surface area contributed by atoms with Gasteiger partial charge in [-0.25, -0.2) is 0 Å². The van der Waals surface area contributed by atoms with Crippen LogP contribution in [-0.4, -0.2) is 71.9 Å². The number of aliphatic hydroxyl groups excluding tert-OH is 1. The molecule has 0 radical (unpaired) electrons. The largest absolute Gasteiger partial charge is 0.389 e. The van der Waals surface area contributed by atoms with Crippen LogP contribution in [0.4, 0.5) is 0 Å². The van der Waals surface area contributed by atoms with Crippen LogP contribution in [0.3, 0.4) is 0 Å². The standard InChI is InChI=1S/C22H32N2O5/c25-18-15-24(16-19-28-13-14-29-19)12-11-22(18,17-7-3-1-4-8-17)23-20(26)21(27)9-5-2-6-10-21/h1,3-4,7-8,18-19,25,27H,2,5-6,9-16H2,(H,23,26)/t18-,22+/m1/s1. The molecule has 4 rings (SSSR count). The van der Waals surface area contributed by atoms with E-state index < -0.39 is 17.2 Å². The molecule has 29 heavy (non-hydrogen) atoms. The quantitative estimate of drug-likeness (QED) is 0.682. The fourth-order valence-corrected chi connectivity index (χ4v) is 4.85. The molecule has 2 atom stereocenters. The number of ether oxygens (including phenoxy) is 2. The first-order valence-corrected chi connectivity index (χ1v) is 10.8. The summed E-state index contributed by atoms with van der Waals surface area (Å²) in [6, 6.07) is 9.63. The highest BCUT2D eigenvalue weighted by molar-refractivity contribution is 5.86. The number of aliphatic hydroxyl groups is 2. The SMILES string of the molecule is O=C(N[C@]1(c2ccccc2)CCN(CC2OCCO2)C[C@H]1O)C1(O)CCCCC1. The molecule has 0 spiro atoms. The molecule has 1 saturated carbocycles. The van der Waals surface area contributed by atoms with E-state index in [4.69, 9.17) is 9.47 Å². The zero-order valence-electron chi connectivity index (χ0n) is 16.9. The summed E-state index contributed by atoms with van der Waals surface area (Å²) >= 11 is 0. The zero-order valence-corrected chi connectivity index (χ0v) is 16.9. The van der Waals surface area contributed by atoms with Crippen molar-refractivity contribution in [1.82, 2.24) is 10.2 Å². The minimum Gasteiger partial charge on any atom is -0.389 e. The molecule has 2 saturated heterocycles. The summed E-state index contributed by atoms with van der Waals surface area (Å²) in [4.78, 5) is 15.3. The van der Waals surface area contributed by atoms with Gasteiger partial charge in [0.15, 0.2) is 6.29 Å². The van der Waals surface area contributed by atoms with Crippen molar-refractivity contribution >= 4 is 5.91 Å². The Labute approximate surface area is 172 Å². The van der Waals surface area contributed by atoms with E-state index in [1.807, 2.05) is 30.3 Å². The minimum absolute atomic E-state index is 0.260. The molecular weight excluding hydrogens is 372 g/mol. The monoisotopic (exact) mass is 404 g/mol. The number of piperidine rings is 1. The highest BCUT2D eigenvalue weighted by atomic mass is 16.7. The lowest BCUT2D eigenvalue weighted by Crippen LogP contribution is -2.65. The van der Waals surface area contributed by atoms with Gasteiger partial charge in [0, 0.05) is 19.6 Å². The van der Waals surface area contributed by atoms with Crippen LogP contribution in [0.1, 0.15) is 44.1 Å². The number of likely N-dealkylation sites (tertiary alicyclic amines) is 1. The van der Waals surface area contributed by atoms with Gasteiger partial charge >= 0.3 is 0 Å². The molecule has 7 heteroatoms. The predicted octanol–water partition coefficient (Wildman–Crippen LogP) is 1.13. The lowest BCUT2D eigenvalue weighted by atomic mass is 9.76. The number of carbonyl (C=O) groups excluding carboxylic acids is 1. The van der Waals surface area contributed by atoms with Crippen LogP contribution >= 0.6 is 0 Å². The van der Waals surface area contributed by atoms with E-state index in [-0.39, 0.29) is 12.2 Å². The summed E-state index contributed by atoms with van der Waals surface area (Å²) in [5.41, 5.74) is -1.39. The number of rotatable bonds is 5. The molecule has 1 amide bonds. The molecule has 2 aliphatic heterocycles. The Morgan fingerprint density at radius 2 is 1.79 bits per heavy atom. The minimum atomic E-state index is -1.34. The normalized spacial score (nSPS) is 30.9. The summed E-state index contributed by atoms with van der Waals surface area (Å²) in [5.74, 6) is -0.365. The van der Waals surface area contributed by atoms with Gasteiger partial charge in [0.2, 0.25) is 0 Å². The Kier molecular flexibility index (Phi) is 6.22. The van der Waals surface area contributed by atoms with Gasteiger partial charge in [0.05, 0.1) is 24.9 Å². The maximum atomic E-state index is 13.1. The van der Waals surface area contributed by atoms with E-state index in [9.17, 15) is 15.0 Å². The molecule has 3 aliphatic rings. The first-order chi connectivity index (χ1) is 14.0. The van der Waals surface area contributed by atoms with Crippen molar-refractivity contribution in [3.8, 4) is 0 Å². The molecule has 0 aromatic heterocycles. The van der Waals surface area contributed by atoms with Gasteiger partial charge in [-0.1, -0.05) is 49.6 Å². The van der Waals surface area contributed by atoms with Crippen LogP contribution in [-0.2, 0) is 19.8 Å². The molecule has 1 aliphatic carbocycles. The topological polar surface area (TPSA) is 91.3 Å². The smallest absolute Gasteiger partial charge is 0.252 e. The van der Waals surface area contributed by atoms with Gasteiger partial charge < -0.3 is 25.0 Å². The fourth-order valence-electron chi connectivity index (χ4n) is 4.85. The van der Waals surface area contributed by atoms with Crippen molar-refractivity contribution in [2.75, 3.05) is 32.8 Å². The molecule has 7 nitrogen and oxygen atoms in total. The number of β-amino-alcohol motifs (C(OH)–C–C–N with tert-alkyl or cyclic N) is 1. The lowest BCUT2D eigenvalue weighted by Gasteiger charge is -2.48. The van der Waals surface area contributed by atoms with E-state index in [0.717, 1.165) is 24.8 Å². The molecule has 2 heterocycles. The second-order valence-corrected chi connectivity index (χ2v) is 8.58. The van der Waals surface area contributed by atoms with Gasteiger partial charge in [0.1, 0.15) is 5.60 Å². The average Bonchev–Trinajstić information content (AvgIpc) is 3.24. The number of amides is 1. The van der Waals surface area contributed by atoms with Crippen molar-refractivity contribution in [2.24, 2.45) is 0 Å². The van der Waals surface area contributed by atoms with E-state index in [2.05, 4.69) is 10.2 Å². The van der Waals surface area contributed by atoms with Gasteiger partial charge in [-0.3, -0.25) is 9.69 Å². The number of nitrogens with one attached hydrogen (secondary N) is 1. The molecule has 1 aromatic rings. The van der Waals surface area contributed by atoms with E-state index in [1.165, 1.54) is 0 Å². The molecule has 3 fully saturated rings. The molecule has 0 bridgehead atoms. The number of carbonyl (C=O) groups is 1. The molecule has 3 N–H and O–H groups in total. The van der Waals surface area contributed by atoms with Crippen molar-refractivity contribution in [3.63, 3.8) is 0 Å². The number of hydrogen-bond acceptors (Lipinski definition) is 6. The molecule has 1 aromatic carbocycles. The van der Waals surface area contributed by atoms with Gasteiger partial charge in [-0.2, -0.15) is 0 Å². The van der Waals surface area contributed by atoms with Gasteiger partial charge in [-0.15, -0.1) is 0 Å². The summed E-state index contributed by atoms with van der Waals surface area (Å²) in [7, 11) is 0. The third-order valence-electron chi connectivity index (χ3n) is 6.65. The van der Waals surface area contributed by atoms with Crippen LogP contribution < -0.4 is 5.32 Å².